The predicted octanol–water partition coefficient (Wildman–Crippen LogP) is 18.7. The standard InChI is InChI=1S/C25H32ClN5O2.C25H30F3N5O2.C25H31F2N5O2.C25H32FN5O3/c1-4-17-13-20-15(2)22(25-27-16(3)30-33-25)24(29-23(20)21(26)14-17)31-9-5-18(6-10-31)28-19-7-11-32-12-8-19;1-14-19-12-16(25(3,27)28)13-20(26)22(19)31-23(21(14)24-29-15(2)32-35-24)33-8-4-17(5-9-33)30-18-6-10-34-11-7-18;1-14-20-12-17(15(2)26)13-21(27)23(20)30-24(22(14)25-28-16(3)31-34-25)32-8-4-18(5-9-32)29-19-6-10-33-11-7-19;1-4-33-19-13-20-15(2)22(25-27-16(3)30-34-25)24(29-23(20)21(26)14-19)31-9-5-17(6-10-31)28-18-7-11-32-12-8-18/h13-14,18-19,28H,4-12H2,1-3H3;12-13,17-18,30H,4-11H2,1-3H3;12-13,15,18-19,29H,4-11H2,1-3H3;13-14,17-18,28H,4-12H2,1-3H3/t;;15-;/m..0./s1. The van der Waals surface area contributed by atoms with Crippen molar-refractivity contribution in [3.8, 4) is 51.6 Å². The van der Waals surface area contributed by atoms with Gasteiger partial charge in [0.2, 0.25) is 0 Å². The summed E-state index contributed by atoms with van der Waals surface area (Å²) in [6.45, 7) is 34.5. The first kappa shape index (κ1) is 97.3. The lowest BCUT2D eigenvalue weighted by molar-refractivity contribution is 0.0173. The number of anilines is 4. The third kappa shape index (κ3) is 22.3. The molecule has 36 heteroatoms. The second-order valence-electron chi connectivity index (χ2n) is 37.4. The quantitative estimate of drug-likeness (QED) is 0.0486. The Labute approximate surface area is 793 Å². The lowest BCUT2D eigenvalue weighted by Gasteiger charge is -2.37. The van der Waals surface area contributed by atoms with Crippen molar-refractivity contribution in [2.45, 2.75) is 253 Å². The number of fused-ring (bicyclic) bond motifs is 4. The van der Waals surface area contributed by atoms with Crippen LogP contribution in [0.4, 0.5) is 49.6 Å². The number of pyridine rings is 4. The number of piperidine rings is 4. The molecule has 728 valence electrons. The molecule has 1 atom stereocenters. The Balaban J connectivity index is 0.000000126. The Morgan fingerprint density at radius 3 is 0.963 bits per heavy atom. The maximum Gasteiger partial charge on any atom is 0.270 e. The van der Waals surface area contributed by atoms with E-state index in [0.717, 1.165) is 259 Å². The van der Waals surface area contributed by atoms with E-state index in [9.17, 15) is 13.2 Å². The van der Waals surface area contributed by atoms with Crippen LogP contribution >= 0.6 is 11.6 Å². The van der Waals surface area contributed by atoms with Crippen LogP contribution in [0.25, 0.3) is 89.4 Å². The first-order valence-corrected chi connectivity index (χ1v) is 48.8. The van der Waals surface area contributed by atoms with Crippen molar-refractivity contribution in [1.82, 2.24) is 81.8 Å². The highest BCUT2D eigenvalue weighted by atomic mass is 35.5. The van der Waals surface area contributed by atoms with Crippen LogP contribution in [0.3, 0.4) is 0 Å². The van der Waals surface area contributed by atoms with Crippen molar-refractivity contribution in [2.75, 3.05) is 131 Å². The van der Waals surface area contributed by atoms with Crippen molar-refractivity contribution in [1.29, 1.82) is 0 Å². The Hall–Kier alpha value is -10.4. The highest BCUT2D eigenvalue weighted by Gasteiger charge is 2.37. The molecule has 0 spiro atoms. The third-order valence-electron chi connectivity index (χ3n) is 27.8. The summed E-state index contributed by atoms with van der Waals surface area (Å²) in [6, 6.07) is 16.4. The summed E-state index contributed by atoms with van der Waals surface area (Å²) >= 11 is 6.71. The summed E-state index contributed by atoms with van der Waals surface area (Å²) in [6.07, 6.45) is 15.9. The summed E-state index contributed by atoms with van der Waals surface area (Å²) in [5, 5.41) is 34.4. The molecule has 16 heterocycles. The highest BCUT2D eigenvalue weighted by molar-refractivity contribution is 6.35. The van der Waals surface area contributed by atoms with Crippen molar-refractivity contribution in [3.05, 3.63) is 133 Å². The molecule has 8 aliphatic heterocycles. The van der Waals surface area contributed by atoms with E-state index in [4.69, 9.17) is 68.3 Å². The number of hydrogen-bond acceptors (Lipinski definition) is 29. The Morgan fingerprint density at radius 1 is 0.382 bits per heavy atom. The predicted molar refractivity (Wildman–Crippen MR) is 511 cm³/mol. The fraction of sp³-hybridized carbons (Fsp3) is 0.560. The summed E-state index contributed by atoms with van der Waals surface area (Å²) in [5.41, 5.74) is 8.76. The molecule has 0 amide bonds. The monoisotopic (exact) mass is 1900 g/mol. The molecule has 0 bridgehead atoms. The van der Waals surface area contributed by atoms with Gasteiger partial charge in [-0.25, -0.2) is 46.3 Å². The van der Waals surface area contributed by atoms with Gasteiger partial charge in [0.05, 0.1) is 39.4 Å². The Kier molecular flexibility index (Phi) is 31.0. The van der Waals surface area contributed by atoms with E-state index in [2.05, 4.69) is 106 Å². The minimum Gasteiger partial charge on any atom is -0.494 e. The molecule has 8 aromatic heterocycles. The van der Waals surface area contributed by atoms with Gasteiger partial charge in [-0.2, -0.15) is 19.9 Å². The molecule has 12 aromatic rings. The lowest BCUT2D eigenvalue weighted by atomic mass is 9.97. The summed E-state index contributed by atoms with van der Waals surface area (Å²) in [7, 11) is 0. The molecule has 8 saturated heterocycles. The number of rotatable bonds is 21. The summed E-state index contributed by atoms with van der Waals surface area (Å²) in [4.78, 5) is 46.0. The molecule has 0 saturated carbocycles. The molecule has 0 aliphatic carbocycles. The molecular formula is C100H125ClF6N20O9. The van der Waals surface area contributed by atoms with Crippen molar-refractivity contribution in [3.63, 3.8) is 0 Å². The molecule has 4 aromatic carbocycles. The van der Waals surface area contributed by atoms with E-state index >= 15 is 13.2 Å². The fourth-order valence-corrected chi connectivity index (χ4v) is 20.5. The number of nitrogens with one attached hydrogen (secondary N) is 4. The van der Waals surface area contributed by atoms with Gasteiger partial charge in [0.1, 0.15) is 63.4 Å². The van der Waals surface area contributed by atoms with E-state index in [1.165, 1.54) is 30.7 Å². The van der Waals surface area contributed by atoms with Crippen molar-refractivity contribution < 1.29 is 68.1 Å². The molecule has 136 heavy (non-hydrogen) atoms. The topological polar surface area (TPSA) is 314 Å². The normalized spacial score (nSPS) is 18.5. The van der Waals surface area contributed by atoms with E-state index in [1.54, 1.807) is 33.8 Å². The fourth-order valence-electron chi connectivity index (χ4n) is 20.2. The van der Waals surface area contributed by atoms with Crippen molar-refractivity contribution in [2.24, 2.45) is 0 Å². The van der Waals surface area contributed by atoms with E-state index in [1.807, 2.05) is 39.8 Å². The maximum atomic E-state index is 15.1. The number of aromatic nitrogens is 12. The minimum atomic E-state index is -3.18. The van der Waals surface area contributed by atoms with E-state index in [0.29, 0.717) is 176 Å². The average Bonchev–Trinajstić information content (AvgIpc) is 1.60. The number of nitrogens with zero attached hydrogens (tertiary/aromatic N) is 16. The number of alkyl halides is 3. The second-order valence-corrected chi connectivity index (χ2v) is 37.8. The van der Waals surface area contributed by atoms with Gasteiger partial charge in [-0.15, -0.1) is 0 Å². The number of halogens is 7. The molecule has 8 aliphatic rings. The van der Waals surface area contributed by atoms with Gasteiger partial charge in [0, 0.05) is 194 Å². The van der Waals surface area contributed by atoms with Gasteiger partial charge in [-0.1, -0.05) is 39.2 Å². The van der Waals surface area contributed by atoms with Crippen LogP contribution in [0, 0.1) is 72.8 Å². The van der Waals surface area contributed by atoms with Gasteiger partial charge in [0.25, 0.3) is 29.5 Å². The number of hydrogen-bond donors (Lipinski definition) is 4. The lowest BCUT2D eigenvalue weighted by Crippen LogP contribution is -2.48. The zero-order chi connectivity index (χ0) is 95.2. The van der Waals surface area contributed by atoms with E-state index in [-0.39, 0.29) is 22.5 Å². The molecule has 29 nitrogen and oxygen atoms in total. The van der Waals surface area contributed by atoms with Crippen LogP contribution < -0.4 is 45.6 Å². The van der Waals surface area contributed by atoms with Gasteiger partial charge in [-0.3, -0.25) is 0 Å². The maximum absolute atomic E-state index is 15.1. The molecule has 4 N–H and O–H groups in total. The number of benzene rings is 4. The number of ether oxygens (including phenoxy) is 5. The van der Waals surface area contributed by atoms with Crippen LogP contribution in [0.2, 0.25) is 5.02 Å². The largest absolute Gasteiger partial charge is 0.494 e. The number of aryl methyl sites for hydroxylation is 9. The van der Waals surface area contributed by atoms with Gasteiger partial charge in [0.15, 0.2) is 29.1 Å². The zero-order valence-electron chi connectivity index (χ0n) is 79.8. The molecule has 0 radical (unpaired) electrons. The van der Waals surface area contributed by atoms with E-state index < -0.39 is 35.1 Å². The van der Waals surface area contributed by atoms with Crippen LogP contribution in [-0.4, -0.2) is 221 Å². The van der Waals surface area contributed by atoms with Gasteiger partial charge >= 0.3 is 0 Å². The van der Waals surface area contributed by atoms with Gasteiger partial charge < -0.3 is 82.6 Å². The SMILES string of the molecule is CCOc1cc(F)c2nc(N3CCC(NC4CCOCC4)CC3)c(-c3nc(C)no3)c(C)c2c1.CCc1cc(Cl)c2nc(N3CCC(NC4CCOCC4)CC3)c(-c3nc(C)no3)c(C)c2c1.Cc1noc(-c2c(N3CCC(NC4CCOCC4)CC3)nc3c(F)cc(C(C)(F)F)cc3c2C)n1.Cc1noc(-c2c(N3CCC(NC4CCOCC4)CC3)nc3c(F)cc([C@H](C)F)cc3c2C)n1. The molecule has 20 rings (SSSR count). The molecular weight excluding hydrogens is 1770 g/mol. The highest BCUT2D eigenvalue weighted by Crippen LogP contribution is 2.46. The Morgan fingerprint density at radius 2 is 0.669 bits per heavy atom. The van der Waals surface area contributed by atoms with Gasteiger partial charge in [-0.05, 0) is 254 Å². The van der Waals surface area contributed by atoms with Crippen LogP contribution in [0.1, 0.15) is 199 Å². The smallest absolute Gasteiger partial charge is 0.270 e. The summed E-state index contributed by atoms with van der Waals surface area (Å²) < 4.78 is 137. The second kappa shape index (κ2) is 43.3. The van der Waals surface area contributed by atoms with Crippen LogP contribution in [-0.2, 0) is 31.3 Å². The van der Waals surface area contributed by atoms with Crippen LogP contribution in [0.15, 0.2) is 66.6 Å². The Bertz CT molecular complexity index is 6140. The average molecular weight is 1900 g/mol. The molecule has 0 unspecified atom stereocenters. The zero-order valence-corrected chi connectivity index (χ0v) is 80.6. The first-order valence-electron chi connectivity index (χ1n) is 48.4. The third-order valence-corrected chi connectivity index (χ3v) is 28.1. The molecule has 8 fully saturated rings. The van der Waals surface area contributed by atoms with Crippen LogP contribution in [0.5, 0.6) is 5.75 Å². The minimum absolute atomic E-state index is 0.0629. The first-order chi connectivity index (χ1) is 65.7. The summed E-state index contributed by atoms with van der Waals surface area (Å²) in [5.74, 6) is 2.04. The van der Waals surface area contributed by atoms with Crippen molar-refractivity contribution >= 4 is 78.5 Å².